The van der Waals surface area contributed by atoms with Crippen molar-refractivity contribution in [3.05, 3.63) is 115 Å². The second-order valence-corrected chi connectivity index (χ2v) is 7.63. The molecular weight excluding hydrogens is 451 g/mol. The number of carbonyl (C=O) groups excluding carboxylic acids is 1. The lowest BCUT2D eigenvalue weighted by atomic mass is 10.2. The Morgan fingerprint density at radius 1 is 1.15 bits per heavy atom. The van der Waals surface area contributed by atoms with E-state index >= 15 is 0 Å². The molecule has 8 nitrogen and oxygen atoms in total. The molecule has 4 rings (SSSR count). The zero-order valence-corrected chi connectivity index (χ0v) is 18.2. The molecule has 0 radical (unpaired) electrons. The molecule has 4 aromatic rings. The Labute approximate surface area is 191 Å². The third kappa shape index (κ3) is 4.63. The maximum Gasteiger partial charge on any atom is 0.352 e. The van der Waals surface area contributed by atoms with Gasteiger partial charge in [0.1, 0.15) is 11.6 Å². The summed E-state index contributed by atoms with van der Waals surface area (Å²) in [5, 5.41) is 6.92. The first-order valence-electron chi connectivity index (χ1n) is 9.90. The minimum absolute atomic E-state index is 0.00968. The van der Waals surface area contributed by atoms with Gasteiger partial charge in [0.25, 0.3) is 11.5 Å². The highest BCUT2D eigenvalue weighted by atomic mass is 35.5. The standard InChI is InChI=1S/C23H18ClFN4O4/c1-14-8-9-16(11-18(14)24)29-23(32)28(13-15-5-2-3-7-19(15)25)22(31)20(27-29)21(30)26-12-17-6-4-10-33-17/h2-11H,12-13H2,1H3,(H,26,30). The average Bonchev–Trinajstić information content (AvgIpc) is 3.32. The number of halogens is 2. The first-order chi connectivity index (χ1) is 15.8. The van der Waals surface area contributed by atoms with Gasteiger partial charge in [-0.1, -0.05) is 35.9 Å². The number of aryl methyl sites for hydroxylation is 1. The maximum absolute atomic E-state index is 14.2. The minimum atomic E-state index is -0.949. The van der Waals surface area contributed by atoms with Crippen LogP contribution in [0.15, 0.2) is 74.9 Å². The first kappa shape index (κ1) is 22.2. The third-order valence-electron chi connectivity index (χ3n) is 4.96. The monoisotopic (exact) mass is 468 g/mol. The molecule has 0 aliphatic carbocycles. The summed E-state index contributed by atoms with van der Waals surface area (Å²) >= 11 is 6.20. The van der Waals surface area contributed by atoms with Crippen molar-refractivity contribution >= 4 is 17.5 Å². The van der Waals surface area contributed by atoms with E-state index in [1.807, 2.05) is 0 Å². The summed E-state index contributed by atoms with van der Waals surface area (Å²) in [6.45, 7) is 1.41. The maximum atomic E-state index is 14.2. The van der Waals surface area contributed by atoms with E-state index in [2.05, 4.69) is 10.4 Å². The van der Waals surface area contributed by atoms with Crippen LogP contribution in [-0.2, 0) is 13.1 Å². The number of aromatic nitrogens is 3. The van der Waals surface area contributed by atoms with Crippen LogP contribution in [0.2, 0.25) is 5.02 Å². The summed E-state index contributed by atoms with van der Waals surface area (Å²) in [4.78, 5) is 39.0. The average molecular weight is 469 g/mol. The van der Waals surface area contributed by atoms with Crippen molar-refractivity contribution in [2.75, 3.05) is 0 Å². The number of carbonyl (C=O) groups is 1. The van der Waals surface area contributed by atoms with Gasteiger partial charge in [-0.15, -0.1) is 0 Å². The van der Waals surface area contributed by atoms with Gasteiger partial charge in [0.15, 0.2) is 0 Å². The fraction of sp³-hybridized carbons (Fsp3) is 0.130. The second kappa shape index (κ2) is 9.25. The topological polar surface area (TPSA) is 99.1 Å². The van der Waals surface area contributed by atoms with E-state index in [4.69, 9.17) is 16.0 Å². The van der Waals surface area contributed by atoms with Crippen LogP contribution in [0.25, 0.3) is 5.69 Å². The van der Waals surface area contributed by atoms with Crippen LogP contribution < -0.4 is 16.6 Å². The molecule has 0 unspecified atom stereocenters. The van der Waals surface area contributed by atoms with Crippen molar-refractivity contribution in [2.45, 2.75) is 20.0 Å². The molecule has 1 N–H and O–H groups in total. The number of hydrogen-bond donors (Lipinski definition) is 1. The number of nitrogens with zero attached hydrogens (tertiary/aromatic N) is 3. The predicted octanol–water partition coefficient (Wildman–Crippen LogP) is 3.07. The fourth-order valence-corrected chi connectivity index (χ4v) is 3.31. The summed E-state index contributed by atoms with van der Waals surface area (Å²) in [6, 6.07) is 13.8. The van der Waals surface area contributed by atoms with Gasteiger partial charge < -0.3 is 9.73 Å². The van der Waals surface area contributed by atoms with Crippen molar-refractivity contribution < 1.29 is 13.6 Å². The normalized spacial score (nSPS) is 10.9. The highest BCUT2D eigenvalue weighted by Crippen LogP contribution is 2.18. The van der Waals surface area contributed by atoms with Gasteiger partial charge in [0.2, 0.25) is 5.69 Å². The molecule has 2 aromatic heterocycles. The van der Waals surface area contributed by atoms with E-state index in [-0.39, 0.29) is 24.3 Å². The first-order valence-corrected chi connectivity index (χ1v) is 10.3. The number of hydrogen-bond acceptors (Lipinski definition) is 5. The van der Waals surface area contributed by atoms with Crippen molar-refractivity contribution in [3.63, 3.8) is 0 Å². The number of furan rings is 1. The van der Waals surface area contributed by atoms with Crippen molar-refractivity contribution in [1.29, 1.82) is 0 Å². The van der Waals surface area contributed by atoms with Crippen LogP contribution in [0.1, 0.15) is 27.4 Å². The van der Waals surface area contributed by atoms with E-state index in [0.717, 1.165) is 14.8 Å². The van der Waals surface area contributed by atoms with Gasteiger partial charge in [-0.2, -0.15) is 9.78 Å². The zero-order chi connectivity index (χ0) is 23.5. The number of nitrogens with one attached hydrogen (secondary N) is 1. The lowest BCUT2D eigenvalue weighted by Crippen LogP contribution is -2.46. The molecule has 0 bridgehead atoms. The van der Waals surface area contributed by atoms with Crippen molar-refractivity contribution in [3.8, 4) is 5.69 Å². The Bertz CT molecular complexity index is 1440. The van der Waals surface area contributed by atoms with E-state index < -0.39 is 28.7 Å². The summed E-state index contributed by atoms with van der Waals surface area (Å²) in [5.74, 6) is -0.936. The van der Waals surface area contributed by atoms with Crippen molar-refractivity contribution in [2.24, 2.45) is 0 Å². The molecular formula is C23H18ClFN4O4. The highest BCUT2D eigenvalue weighted by Gasteiger charge is 2.21. The van der Waals surface area contributed by atoms with Gasteiger partial charge >= 0.3 is 5.69 Å². The number of amides is 1. The van der Waals surface area contributed by atoms with Crippen LogP contribution in [-0.4, -0.2) is 20.3 Å². The molecule has 0 spiro atoms. The highest BCUT2D eigenvalue weighted by molar-refractivity contribution is 6.31. The van der Waals surface area contributed by atoms with Crippen LogP contribution in [0.4, 0.5) is 4.39 Å². The predicted molar refractivity (Wildman–Crippen MR) is 119 cm³/mol. The lowest BCUT2D eigenvalue weighted by Gasteiger charge is -2.13. The van der Waals surface area contributed by atoms with Crippen LogP contribution in [0, 0.1) is 12.7 Å². The zero-order valence-electron chi connectivity index (χ0n) is 17.4. The number of rotatable bonds is 6. The molecule has 1 amide bonds. The Hall–Kier alpha value is -3.98. The van der Waals surface area contributed by atoms with Crippen molar-refractivity contribution in [1.82, 2.24) is 19.7 Å². The van der Waals surface area contributed by atoms with Crippen LogP contribution >= 0.6 is 11.6 Å². The molecule has 10 heteroatoms. The quantitative estimate of drug-likeness (QED) is 0.469. The van der Waals surface area contributed by atoms with E-state index in [0.29, 0.717) is 10.8 Å². The molecule has 0 saturated carbocycles. The number of benzene rings is 2. The Morgan fingerprint density at radius 3 is 2.64 bits per heavy atom. The van der Waals surface area contributed by atoms with Gasteiger partial charge in [0, 0.05) is 10.6 Å². The molecule has 168 valence electrons. The molecule has 0 aliphatic heterocycles. The third-order valence-corrected chi connectivity index (χ3v) is 5.37. The lowest BCUT2D eigenvalue weighted by molar-refractivity contribution is 0.0938. The Morgan fingerprint density at radius 2 is 1.94 bits per heavy atom. The molecule has 2 heterocycles. The van der Waals surface area contributed by atoms with E-state index in [9.17, 15) is 18.8 Å². The molecule has 33 heavy (non-hydrogen) atoms. The van der Waals surface area contributed by atoms with Crippen LogP contribution in [0.5, 0.6) is 0 Å². The molecule has 0 aliphatic rings. The molecule has 0 fully saturated rings. The summed E-state index contributed by atoms with van der Waals surface area (Å²) in [5.41, 5.74) is -1.20. The summed E-state index contributed by atoms with van der Waals surface area (Å²) in [7, 11) is 0. The van der Waals surface area contributed by atoms with Crippen LogP contribution in [0.3, 0.4) is 0 Å². The largest absolute Gasteiger partial charge is 0.467 e. The smallest absolute Gasteiger partial charge is 0.352 e. The summed E-state index contributed by atoms with van der Waals surface area (Å²) in [6.07, 6.45) is 1.45. The molecule has 2 aromatic carbocycles. The van der Waals surface area contributed by atoms with Gasteiger partial charge in [-0.3, -0.25) is 14.2 Å². The molecule has 0 saturated heterocycles. The Balaban J connectivity index is 1.83. The van der Waals surface area contributed by atoms with Gasteiger partial charge in [-0.25, -0.2) is 9.18 Å². The van der Waals surface area contributed by atoms with Gasteiger partial charge in [-0.05, 0) is 42.8 Å². The molecule has 0 atom stereocenters. The Kier molecular flexibility index (Phi) is 6.23. The second-order valence-electron chi connectivity index (χ2n) is 7.22. The fourth-order valence-electron chi connectivity index (χ4n) is 3.14. The van der Waals surface area contributed by atoms with E-state index in [1.54, 1.807) is 37.3 Å². The van der Waals surface area contributed by atoms with E-state index in [1.165, 1.54) is 30.5 Å². The minimum Gasteiger partial charge on any atom is -0.467 e. The summed E-state index contributed by atoms with van der Waals surface area (Å²) < 4.78 is 21.1. The van der Waals surface area contributed by atoms with Gasteiger partial charge in [0.05, 0.1) is 25.0 Å². The SMILES string of the molecule is Cc1ccc(-n2nc(C(=O)NCc3ccco3)c(=O)n(Cc3ccccc3F)c2=O)cc1Cl.